The lowest BCUT2D eigenvalue weighted by Gasteiger charge is -2.36. The molecule has 2 saturated heterocycles. The van der Waals surface area contributed by atoms with Gasteiger partial charge in [0.2, 0.25) is 0 Å². The molecule has 1 unspecified atom stereocenters. The number of piperidine rings is 1. The average molecular weight is 324 g/mol. The fraction of sp³-hybridized carbons (Fsp3) is 0.588. The van der Waals surface area contributed by atoms with Crippen LogP contribution in [0.2, 0.25) is 0 Å². The molecule has 0 saturated carbocycles. The van der Waals surface area contributed by atoms with Crippen LogP contribution in [0.15, 0.2) is 18.2 Å². The number of benzene rings is 1. The molecule has 3 nitrogen and oxygen atoms in total. The van der Waals surface area contributed by atoms with Crippen LogP contribution < -0.4 is 4.90 Å². The number of ether oxygens (including phenoxy) is 1. The van der Waals surface area contributed by atoms with Crippen molar-refractivity contribution >= 4 is 5.69 Å². The van der Waals surface area contributed by atoms with E-state index in [1.165, 1.54) is 6.07 Å². The first kappa shape index (κ1) is 16.1. The van der Waals surface area contributed by atoms with Gasteiger partial charge in [0.25, 0.3) is 0 Å². The maximum Gasteiger partial charge on any atom is 0.416 e. The Balaban J connectivity index is 1.71. The minimum Gasteiger partial charge on any atom is -0.378 e. The molecule has 0 N–H and O–H groups in total. The Labute approximate surface area is 133 Å². The Morgan fingerprint density at radius 1 is 1.17 bits per heavy atom. The van der Waals surface area contributed by atoms with E-state index in [2.05, 4.69) is 0 Å². The second-order valence-corrected chi connectivity index (χ2v) is 6.22. The van der Waals surface area contributed by atoms with Gasteiger partial charge in [0.15, 0.2) is 0 Å². The maximum absolute atomic E-state index is 12.8. The molecule has 1 aromatic rings. The summed E-state index contributed by atoms with van der Waals surface area (Å²) >= 11 is 0. The van der Waals surface area contributed by atoms with Gasteiger partial charge in [0.05, 0.1) is 22.9 Å². The largest absolute Gasteiger partial charge is 0.416 e. The zero-order valence-electron chi connectivity index (χ0n) is 12.8. The fourth-order valence-corrected chi connectivity index (χ4v) is 3.56. The van der Waals surface area contributed by atoms with Gasteiger partial charge in [-0.3, -0.25) is 0 Å². The second kappa shape index (κ2) is 6.40. The highest BCUT2D eigenvalue weighted by Crippen LogP contribution is 2.35. The molecule has 2 heterocycles. The van der Waals surface area contributed by atoms with E-state index < -0.39 is 11.7 Å². The lowest BCUT2D eigenvalue weighted by Crippen LogP contribution is -2.38. The number of hydrogen-bond acceptors (Lipinski definition) is 3. The number of anilines is 1. The molecule has 23 heavy (non-hydrogen) atoms. The zero-order chi connectivity index (χ0) is 16.4. The highest BCUT2D eigenvalue weighted by molar-refractivity contribution is 5.61. The second-order valence-electron chi connectivity index (χ2n) is 6.22. The normalized spacial score (nSPS) is 23.0. The third-order valence-electron chi connectivity index (χ3n) is 4.82. The molecule has 0 aliphatic carbocycles. The number of nitriles is 1. The SMILES string of the molecule is N#Cc1cc(C(F)(F)F)ccc1N1CCC(C2CCCO2)CC1. The minimum atomic E-state index is -4.42. The molecule has 1 atom stereocenters. The predicted molar refractivity (Wildman–Crippen MR) is 80.1 cm³/mol. The molecule has 2 fully saturated rings. The first-order valence-electron chi connectivity index (χ1n) is 7.97. The molecular weight excluding hydrogens is 305 g/mol. The van der Waals surface area contributed by atoms with Gasteiger partial charge >= 0.3 is 6.18 Å². The third-order valence-corrected chi connectivity index (χ3v) is 4.82. The lowest BCUT2D eigenvalue weighted by molar-refractivity contribution is -0.137. The smallest absolute Gasteiger partial charge is 0.378 e. The Morgan fingerprint density at radius 3 is 2.48 bits per heavy atom. The number of halogens is 3. The summed E-state index contributed by atoms with van der Waals surface area (Å²) in [6, 6.07) is 5.33. The van der Waals surface area contributed by atoms with Crippen LogP contribution in [0, 0.1) is 17.2 Å². The summed E-state index contributed by atoms with van der Waals surface area (Å²) in [4.78, 5) is 2.02. The van der Waals surface area contributed by atoms with Gasteiger partial charge in [-0.1, -0.05) is 0 Å². The van der Waals surface area contributed by atoms with Crippen molar-refractivity contribution in [1.82, 2.24) is 0 Å². The lowest BCUT2D eigenvalue weighted by atomic mass is 9.89. The van der Waals surface area contributed by atoms with Crippen molar-refractivity contribution in [2.45, 2.75) is 38.0 Å². The highest BCUT2D eigenvalue weighted by atomic mass is 19.4. The van der Waals surface area contributed by atoms with Gasteiger partial charge in [0.1, 0.15) is 6.07 Å². The van der Waals surface area contributed by atoms with E-state index in [1.54, 1.807) is 0 Å². The van der Waals surface area contributed by atoms with Crippen LogP contribution in [-0.2, 0) is 10.9 Å². The Morgan fingerprint density at radius 2 is 1.91 bits per heavy atom. The predicted octanol–water partition coefficient (Wildman–Crippen LogP) is 3.97. The molecule has 2 aliphatic heterocycles. The molecule has 0 radical (unpaired) electrons. The van der Waals surface area contributed by atoms with E-state index in [1.807, 2.05) is 11.0 Å². The van der Waals surface area contributed by atoms with Crippen molar-refractivity contribution in [3.05, 3.63) is 29.3 Å². The number of hydrogen-bond donors (Lipinski definition) is 0. The van der Waals surface area contributed by atoms with E-state index in [-0.39, 0.29) is 5.56 Å². The first-order chi connectivity index (χ1) is 11.0. The quantitative estimate of drug-likeness (QED) is 0.826. The van der Waals surface area contributed by atoms with Gasteiger partial charge in [-0.2, -0.15) is 18.4 Å². The van der Waals surface area contributed by atoms with Crippen LogP contribution in [0.4, 0.5) is 18.9 Å². The molecule has 0 bridgehead atoms. The van der Waals surface area contributed by atoms with Crippen molar-refractivity contribution in [3.8, 4) is 6.07 Å². The summed E-state index contributed by atoms with van der Waals surface area (Å²) in [5.41, 5.74) is -0.0753. The van der Waals surface area contributed by atoms with E-state index in [9.17, 15) is 18.4 Å². The Bertz CT molecular complexity index is 595. The standard InChI is InChI=1S/C17H19F3N2O/c18-17(19,20)14-3-4-15(13(10-14)11-21)22-7-5-12(6-8-22)16-2-1-9-23-16/h3-4,10,12,16H,1-2,5-9H2. The molecule has 0 aromatic heterocycles. The molecule has 0 amide bonds. The van der Waals surface area contributed by atoms with Crippen LogP contribution in [0.25, 0.3) is 0 Å². The summed E-state index contributed by atoms with van der Waals surface area (Å²) < 4.78 is 44.0. The van der Waals surface area contributed by atoms with Gasteiger partial charge in [-0.25, -0.2) is 0 Å². The van der Waals surface area contributed by atoms with Crippen LogP contribution in [0.3, 0.4) is 0 Å². The van der Waals surface area contributed by atoms with Crippen LogP contribution >= 0.6 is 0 Å². The summed E-state index contributed by atoms with van der Waals surface area (Å²) in [5, 5.41) is 9.20. The van der Waals surface area contributed by atoms with Gasteiger partial charge < -0.3 is 9.64 Å². The van der Waals surface area contributed by atoms with Crippen molar-refractivity contribution in [1.29, 1.82) is 5.26 Å². The Hall–Kier alpha value is -1.74. The molecule has 124 valence electrons. The Kier molecular flexibility index (Phi) is 4.49. The summed E-state index contributed by atoms with van der Waals surface area (Å²) in [7, 11) is 0. The summed E-state index contributed by atoms with van der Waals surface area (Å²) in [6.45, 7) is 2.34. The van der Waals surface area contributed by atoms with Gasteiger partial charge in [-0.15, -0.1) is 0 Å². The summed E-state index contributed by atoms with van der Waals surface area (Å²) in [5.74, 6) is 0.522. The molecule has 6 heteroatoms. The fourth-order valence-electron chi connectivity index (χ4n) is 3.56. The van der Waals surface area contributed by atoms with Crippen molar-refractivity contribution in [2.75, 3.05) is 24.6 Å². The molecule has 2 aliphatic rings. The van der Waals surface area contributed by atoms with Gasteiger partial charge in [0, 0.05) is 19.7 Å². The number of alkyl halides is 3. The monoisotopic (exact) mass is 324 g/mol. The summed E-state index contributed by atoms with van der Waals surface area (Å²) in [6.07, 6.45) is 0.0426. The topological polar surface area (TPSA) is 36.3 Å². The number of nitrogens with zero attached hydrogens (tertiary/aromatic N) is 2. The molecular formula is C17H19F3N2O. The van der Waals surface area contributed by atoms with Crippen LogP contribution in [0.1, 0.15) is 36.8 Å². The van der Waals surface area contributed by atoms with Crippen molar-refractivity contribution < 1.29 is 17.9 Å². The third kappa shape index (κ3) is 3.45. The molecule has 3 rings (SSSR count). The highest BCUT2D eigenvalue weighted by Gasteiger charge is 2.33. The van der Waals surface area contributed by atoms with E-state index in [0.717, 1.165) is 57.5 Å². The van der Waals surface area contributed by atoms with Crippen molar-refractivity contribution in [2.24, 2.45) is 5.92 Å². The van der Waals surface area contributed by atoms with Crippen LogP contribution in [-0.4, -0.2) is 25.8 Å². The zero-order valence-corrected chi connectivity index (χ0v) is 12.8. The molecule has 0 spiro atoms. The van der Waals surface area contributed by atoms with E-state index in [4.69, 9.17) is 4.74 Å². The van der Waals surface area contributed by atoms with Crippen LogP contribution in [0.5, 0.6) is 0 Å². The van der Waals surface area contributed by atoms with E-state index >= 15 is 0 Å². The minimum absolute atomic E-state index is 0.0930. The van der Waals surface area contributed by atoms with E-state index in [0.29, 0.717) is 17.7 Å². The van der Waals surface area contributed by atoms with Crippen molar-refractivity contribution in [3.63, 3.8) is 0 Å². The first-order valence-corrected chi connectivity index (χ1v) is 7.97. The maximum atomic E-state index is 12.8. The van der Waals surface area contributed by atoms with Gasteiger partial charge in [-0.05, 0) is 49.8 Å². The number of rotatable bonds is 2. The molecule has 1 aromatic carbocycles. The average Bonchev–Trinajstić information content (AvgIpc) is 3.08.